The van der Waals surface area contributed by atoms with Crippen LogP contribution >= 0.6 is 0 Å². The first-order chi connectivity index (χ1) is 9.24. The van der Waals surface area contributed by atoms with E-state index in [1.165, 1.54) is 0 Å². The molecule has 4 heteroatoms. The third-order valence-electron chi connectivity index (χ3n) is 2.95. The van der Waals surface area contributed by atoms with E-state index in [1.54, 1.807) is 0 Å². The van der Waals surface area contributed by atoms with Crippen molar-refractivity contribution in [3.05, 3.63) is 47.5 Å². The third kappa shape index (κ3) is 2.98. The van der Waals surface area contributed by atoms with Gasteiger partial charge in [0.05, 0.1) is 25.0 Å². The van der Waals surface area contributed by atoms with Gasteiger partial charge in [-0.3, -0.25) is 4.79 Å². The number of benzene rings is 2. The summed E-state index contributed by atoms with van der Waals surface area (Å²) < 4.78 is 5.18. The Morgan fingerprint density at radius 1 is 1.26 bits per heavy atom. The van der Waals surface area contributed by atoms with Crippen LogP contribution in [0.2, 0.25) is 0 Å². The second-order valence-corrected chi connectivity index (χ2v) is 4.16. The van der Waals surface area contributed by atoms with Gasteiger partial charge in [0.1, 0.15) is 0 Å². The Labute approximate surface area is 111 Å². The average Bonchev–Trinajstić information content (AvgIpc) is 2.42. The molecule has 0 aliphatic carbocycles. The highest BCUT2D eigenvalue weighted by Crippen LogP contribution is 2.22. The zero-order valence-electron chi connectivity index (χ0n) is 10.5. The van der Waals surface area contributed by atoms with Crippen molar-refractivity contribution in [2.45, 2.75) is 6.42 Å². The minimum atomic E-state index is -0.426. The molecular formula is C15H15N2O2. The molecule has 2 aromatic carbocycles. The Kier molecular flexibility index (Phi) is 4.26. The van der Waals surface area contributed by atoms with Crippen LogP contribution in [0.4, 0.5) is 0 Å². The molecule has 0 unspecified atom stereocenters. The summed E-state index contributed by atoms with van der Waals surface area (Å²) in [7, 11) is 0. The summed E-state index contributed by atoms with van der Waals surface area (Å²) in [4.78, 5) is 11.7. The number of carbonyl (C=O) groups is 1. The number of amides is 1. The second kappa shape index (κ2) is 6.11. The van der Waals surface area contributed by atoms with Crippen molar-refractivity contribution in [1.82, 2.24) is 0 Å². The Hall–Kier alpha value is -2.20. The maximum absolute atomic E-state index is 11.7. The van der Waals surface area contributed by atoms with Gasteiger partial charge in [-0.25, -0.2) is 0 Å². The first kappa shape index (κ1) is 13.2. The highest BCUT2D eigenvalue weighted by atomic mass is 16.5. The highest BCUT2D eigenvalue weighted by Gasteiger charge is 2.12. The van der Waals surface area contributed by atoms with Crippen molar-refractivity contribution >= 4 is 22.9 Å². The van der Waals surface area contributed by atoms with Crippen LogP contribution in [-0.4, -0.2) is 25.3 Å². The maximum atomic E-state index is 11.7. The molecule has 0 atom stereocenters. The molecule has 0 aliphatic rings. The second-order valence-electron chi connectivity index (χ2n) is 4.16. The zero-order chi connectivity index (χ0) is 13.7. The molecule has 1 radical (unpaired) electrons. The summed E-state index contributed by atoms with van der Waals surface area (Å²) in [6.45, 7) is 0.601. The quantitative estimate of drug-likeness (QED) is 0.612. The Morgan fingerprint density at radius 2 is 2.05 bits per heavy atom. The van der Waals surface area contributed by atoms with Gasteiger partial charge in [0.25, 0.3) is 0 Å². The van der Waals surface area contributed by atoms with Crippen molar-refractivity contribution < 1.29 is 9.53 Å². The van der Waals surface area contributed by atoms with Crippen LogP contribution in [0.25, 0.3) is 10.8 Å². The molecule has 0 aromatic heterocycles. The molecule has 3 N–H and O–H groups in total. The van der Waals surface area contributed by atoms with Gasteiger partial charge in [-0.2, -0.15) is 0 Å². The van der Waals surface area contributed by atoms with E-state index in [0.717, 1.165) is 16.3 Å². The van der Waals surface area contributed by atoms with Crippen molar-refractivity contribution in [3.63, 3.8) is 0 Å². The summed E-state index contributed by atoms with van der Waals surface area (Å²) >= 11 is 0. The van der Waals surface area contributed by atoms with E-state index >= 15 is 0 Å². The van der Waals surface area contributed by atoms with Gasteiger partial charge in [-0.1, -0.05) is 36.4 Å². The largest absolute Gasteiger partial charge is 0.375 e. The van der Waals surface area contributed by atoms with E-state index in [0.29, 0.717) is 18.6 Å². The first-order valence-corrected chi connectivity index (χ1v) is 6.02. The van der Waals surface area contributed by atoms with Crippen LogP contribution in [0.1, 0.15) is 15.9 Å². The van der Waals surface area contributed by atoms with Crippen molar-refractivity contribution in [2.75, 3.05) is 13.2 Å². The number of hydrogen-bond donors (Lipinski definition) is 2. The van der Waals surface area contributed by atoms with Crippen LogP contribution in [0, 0.1) is 5.41 Å². The lowest BCUT2D eigenvalue weighted by Crippen LogP contribution is -2.15. The lowest BCUT2D eigenvalue weighted by atomic mass is 9.97. The molecule has 0 spiro atoms. The standard InChI is InChI=1S/C15H15N2O2/c16-8-10-19-9-7-12-6-5-11-3-1-2-4-13(11)14(12)15(17)18/h1-6,16H,7,9-10H2,(H2,17,18). The third-order valence-corrected chi connectivity index (χ3v) is 2.95. The van der Waals surface area contributed by atoms with E-state index in [-0.39, 0.29) is 6.61 Å². The van der Waals surface area contributed by atoms with Crippen LogP contribution in [0.3, 0.4) is 0 Å². The summed E-state index contributed by atoms with van der Waals surface area (Å²) in [6, 6.07) is 11.5. The highest BCUT2D eigenvalue weighted by molar-refractivity contribution is 6.07. The van der Waals surface area contributed by atoms with E-state index in [2.05, 4.69) is 6.21 Å². The van der Waals surface area contributed by atoms with Crippen molar-refractivity contribution in [2.24, 2.45) is 5.73 Å². The van der Waals surface area contributed by atoms with Gasteiger partial charge in [0, 0.05) is 0 Å². The number of fused-ring (bicyclic) bond motifs is 1. The van der Waals surface area contributed by atoms with Gasteiger partial charge in [0.2, 0.25) is 5.91 Å². The normalized spacial score (nSPS) is 10.5. The van der Waals surface area contributed by atoms with Crippen LogP contribution in [0.5, 0.6) is 0 Å². The topological polar surface area (TPSA) is 76.2 Å². The fraction of sp³-hybridized carbons (Fsp3) is 0.200. The van der Waals surface area contributed by atoms with Gasteiger partial charge >= 0.3 is 0 Å². The summed E-state index contributed by atoms with van der Waals surface area (Å²) in [5, 5.41) is 8.62. The van der Waals surface area contributed by atoms with Crippen molar-refractivity contribution in [3.8, 4) is 0 Å². The Morgan fingerprint density at radius 3 is 2.79 bits per heavy atom. The number of nitrogens with one attached hydrogen (secondary N) is 1. The molecule has 2 rings (SSSR count). The first-order valence-electron chi connectivity index (χ1n) is 6.02. The molecule has 2 aromatic rings. The summed E-state index contributed by atoms with van der Waals surface area (Å²) in [5.74, 6) is -0.426. The van der Waals surface area contributed by atoms with Gasteiger partial charge < -0.3 is 15.9 Å². The van der Waals surface area contributed by atoms with E-state index in [4.69, 9.17) is 15.9 Å². The SMILES string of the molecule is N=[C]COCCc1ccc2ccccc2c1C(N)=O. The predicted molar refractivity (Wildman–Crippen MR) is 74.7 cm³/mol. The number of primary amides is 1. The molecule has 0 bridgehead atoms. The minimum absolute atomic E-state index is 0.166. The maximum Gasteiger partial charge on any atom is 0.249 e. The Bertz CT molecular complexity index is 608. The number of carbonyl (C=O) groups excluding carboxylic acids is 1. The molecule has 0 aliphatic heterocycles. The molecule has 97 valence electrons. The van der Waals surface area contributed by atoms with Gasteiger partial charge in [0.15, 0.2) is 0 Å². The fourth-order valence-electron chi connectivity index (χ4n) is 2.12. The Balaban J connectivity index is 2.34. The monoisotopic (exact) mass is 255 g/mol. The minimum Gasteiger partial charge on any atom is -0.375 e. The molecule has 0 heterocycles. The number of hydrogen-bond acceptors (Lipinski definition) is 3. The predicted octanol–water partition coefficient (Wildman–Crippen LogP) is 2.02. The molecule has 1 amide bonds. The van der Waals surface area contributed by atoms with Crippen LogP contribution in [0.15, 0.2) is 36.4 Å². The lowest BCUT2D eigenvalue weighted by Gasteiger charge is -2.10. The van der Waals surface area contributed by atoms with E-state index in [9.17, 15) is 4.79 Å². The average molecular weight is 255 g/mol. The van der Waals surface area contributed by atoms with Crippen molar-refractivity contribution in [1.29, 1.82) is 5.41 Å². The summed E-state index contributed by atoms with van der Waals surface area (Å²) in [5.41, 5.74) is 6.92. The van der Waals surface area contributed by atoms with Crippen LogP contribution < -0.4 is 5.73 Å². The lowest BCUT2D eigenvalue weighted by molar-refractivity contribution is 0.100. The molecule has 0 saturated carbocycles. The number of rotatable bonds is 6. The van der Waals surface area contributed by atoms with E-state index < -0.39 is 5.91 Å². The smallest absolute Gasteiger partial charge is 0.249 e. The molecule has 4 nitrogen and oxygen atoms in total. The fourth-order valence-corrected chi connectivity index (χ4v) is 2.12. The van der Waals surface area contributed by atoms with Gasteiger partial charge in [-0.05, 0) is 22.8 Å². The molecular weight excluding hydrogens is 240 g/mol. The molecule has 19 heavy (non-hydrogen) atoms. The number of nitrogens with two attached hydrogens (primary N) is 1. The van der Waals surface area contributed by atoms with Gasteiger partial charge in [-0.15, -0.1) is 0 Å². The van der Waals surface area contributed by atoms with E-state index in [1.807, 2.05) is 36.4 Å². The zero-order valence-corrected chi connectivity index (χ0v) is 10.5. The molecule has 0 saturated heterocycles. The van der Waals surface area contributed by atoms with Crippen LogP contribution in [-0.2, 0) is 11.2 Å². The summed E-state index contributed by atoms with van der Waals surface area (Å²) in [6.07, 6.45) is 2.75. The molecule has 0 fully saturated rings. The number of ether oxygens (including phenoxy) is 1.